The van der Waals surface area contributed by atoms with Crippen molar-refractivity contribution >= 4 is 5.97 Å². The fourth-order valence-electron chi connectivity index (χ4n) is 3.13. The molecule has 2 aliphatic rings. The van der Waals surface area contributed by atoms with Crippen LogP contribution in [0.4, 0.5) is 0 Å². The molecule has 2 unspecified atom stereocenters. The van der Waals surface area contributed by atoms with Gasteiger partial charge in [-0.15, -0.1) is 0 Å². The first-order chi connectivity index (χ1) is 7.59. The maximum absolute atomic E-state index is 11.3. The summed E-state index contributed by atoms with van der Waals surface area (Å²) in [5.74, 6) is -0.480. The fraction of sp³-hybridized carbons (Fsp3) is 0.917. The topological polar surface area (TPSA) is 43.8 Å². The van der Waals surface area contributed by atoms with Gasteiger partial charge in [0.25, 0.3) is 0 Å². The van der Waals surface area contributed by atoms with Gasteiger partial charge in [-0.3, -0.25) is 14.6 Å². The standard InChI is InChI=1S/C12H22N2O2/c1-9(2)11(12(15)16)14-7-6-13-5-3-4-10(13)8-14/h9-11H,3-8H2,1-2H3,(H,15,16). The van der Waals surface area contributed by atoms with E-state index < -0.39 is 5.97 Å². The van der Waals surface area contributed by atoms with E-state index in [1.54, 1.807) is 0 Å². The van der Waals surface area contributed by atoms with Crippen LogP contribution in [0, 0.1) is 5.92 Å². The molecule has 2 aliphatic heterocycles. The van der Waals surface area contributed by atoms with Crippen molar-refractivity contribution in [2.75, 3.05) is 26.2 Å². The number of carboxylic acids is 1. The summed E-state index contributed by atoms with van der Waals surface area (Å²) < 4.78 is 0. The zero-order chi connectivity index (χ0) is 11.7. The highest BCUT2D eigenvalue weighted by Gasteiger charge is 2.36. The maximum Gasteiger partial charge on any atom is 0.321 e. The molecule has 0 saturated carbocycles. The van der Waals surface area contributed by atoms with Gasteiger partial charge in [0.1, 0.15) is 6.04 Å². The molecule has 0 aliphatic carbocycles. The summed E-state index contributed by atoms with van der Waals surface area (Å²) in [6.45, 7) is 8.10. The van der Waals surface area contributed by atoms with E-state index in [0.717, 1.165) is 19.6 Å². The Bertz CT molecular complexity index is 268. The molecule has 2 heterocycles. The molecule has 0 amide bonds. The van der Waals surface area contributed by atoms with Gasteiger partial charge < -0.3 is 5.11 Å². The molecular weight excluding hydrogens is 204 g/mol. The van der Waals surface area contributed by atoms with E-state index in [1.807, 2.05) is 13.8 Å². The molecule has 2 fully saturated rings. The predicted molar refractivity (Wildman–Crippen MR) is 62.4 cm³/mol. The van der Waals surface area contributed by atoms with Gasteiger partial charge >= 0.3 is 5.97 Å². The van der Waals surface area contributed by atoms with Gasteiger partial charge in [0.05, 0.1) is 0 Å². The number of fused-ring (bicyclic) bond motifs is 1. The van der Waals surface area contributed by atoms with E-state index >= 15 is 0 Å². The summed E-state index contributed by atoms with van der Waals surface area (Å²) in [4.78, 5) is 16.0. The van der Waals surface area contributed by atoms with Crippen LogP contribution in [0.25, 0.3) is 0 Å². The Morgan fingerprint density at radius 1 is 1.31 bits per heavy atom. The molecule has 0 aromatic carbocycles. The number of carboxylic acid groups (broad SMARTS) is 1. The van der Waals surface area contributed by atoms with Crippen molar-refractivity contribution in [1.82, 2.24) is 9.80 Å². The van der Waals surface area contributed by atoms with Crippen LogP contribution < -0.4 is 0 Å². The molecule has 0 aromatic heterocycles. The maximum atomic E-state index is 11.3. The highest BCUT2D eigenvalue weighted by atomic mass is 16.4. The van der Waals surface area contributed by atoms with Crippen molar-refractivity contribution in [2.45, 2.75) is 38.8 Å². The molecular formula is C12H22N2O2. The molecule has 0 radical (unpaired) electrons. The molecule has 0 spiro atoms. The van der Waals surface area contributed by atoms with Crippen molar-refractivity contribution in [3.05, 3.63) is 0 Å². The second-order valence-corrected chi connectivity index (χ2v) is 5.35. The smallest absolute Gasteiger partial charge is 0.321 e. The predicted octanol–water partition coefficient (Wildman–Crippen LogP) is 0.876. The largest absolute Gasteiger partial charge is 0.480 e. The first-order valence-electron chi connectivity index (χ1n) is 6.30. The van der Waals surface area contributed by atoms with E-state index in [1.165, 1.54) is 19.4 Å². The third-order valence-corrected chi connectivity index (χ3v) is 3.90. The molecule has 4 heteroatoms. The molecule has 92 valence electrons. The van der Waals surface area contributed by atoms with Crippen LogP contribution in [0.2, 0.25) is 0 Å². The minimum Gasteiger partial charge on any atom is -0.480 e. The lowest BCUT2D eigenvalue weighted by molar-refractivity contribution is -0.146. The van der Waals surface area contributed by atoms with Crippen molar-refractivity contribution in [3.63, 3.8) is 0 Å². The summed E-state index contributed by atoms with van der Waals surface area (Å²) >= 11 is 0. The number of aliphatic carboxylic acids is 1. The number of nitrogens with zero attached hydrogens (tertiary/aromatic N) is 2. The van der Waals surface area contributed by atoms with E-state index in [4.69, 9.17) is 0 Å². The zero-order valence-corrected chi connectivity index (χ0v) is 10.2. The average molecular weight is 226 g/mol. The highest BCUT2D eigenvalue weighted by molar-refractivity contribution is 5.73. The molecule has 2 saturated heterocycles. The van der Waals surface area contributed by atoms with E-state index in [0.29, 0.717) is 6.04 Å². The first-order valence-corrected chi connectivity index (χ1v) is 6.30. The minimum atomic E-state index is -0.665. The Labute approximate surface area is 97.2 Å². The van der Waals surface area contributed by atoms with Gasteiger partial charge in [0.2, 0.25) is 0 Å². The summed E-state index contributed by atoms with van der Waals surface area (Å²) in [7, 11) is 0. The van der Waals surface area contributed by atoms with Crippen molar-refractivity contribution in [2.24, 2.45) is 5.92 Å². The van der Waals surface area contributed by atoms with Gasteiger partial charge in [-0.2, -0.15) is 0 Å². The number of carbonyl (C=O) groups is 1. The molecule has 16 heavy (non-hydrogen) atoms. The Balaban J connectivity index is 2.01. The van der Waals surface area contributed by atoms with E-state index in [-0.39, 0.29) is 12.0 Å². The Kier molecular flexibility index (Phi) is 3.50. The van der Waals surface area contributed by atoms with Gasteiger partial charge in [-0.1, -0.05) is 13.8 Å². The van der Waals surface area contributed by atoms with Crippen LogP contribution in [0.1, 0.15) is 26.7 Å². The van der Waals surface area contributed by atoms with Crippen LogP contribution in [0.5, 0.6) is 0 Å². The lowest BCUT2D eigenvalue weighted by Crippen LogP contribution is -2.56. The lowest BCUT2D eigenvalue weighted by Gasteiger charge is -2.41. The zero-order valence-electron chi connectivity index (χ0n) is 10.2. The summed E-state index contributed by atoms with van der Waals surface area (Å²) in [6, 6.07) is 0.303. The highest BCUT2D eigenvalue weighted by Crippen LogP contribution is 2.24. The Hall–Kier alpha value is -0.610. The monoisotopic (exact) mass is 226 g/mol. The van der Waals surface area contributed by atoms with Crippen LogP contribution >= 0.6 is 0 Å². The van der Waals surface area contributed by atoms with Crippen molar-refractivity contribution in [1.29, 1.82) is 0 Å². The Morgan fingerprint density at radius 2 is 2.06 bits per heavy atom. The van der Waals surface area contributed by atoms with Crippen LogP contribution in [-0.2, 0) is 4.79 Å². The van der Waals surface area contributed by atoms with Gasteiger partial charge in [0, 0.05) is 25.7 Å². The minimum absolute atomic E-state index is 0.186. The molecule has 0 bridgehead atoms. The van der Waals surface area contributed by atoms with E-state index in [9.17, 15) is 9.90 Å². The number of hydrogen-bond acceptors (Lipinski definition) is 3. The quantitative estimate of drug-likeness (QED) is 0.775. The number of piperazine rings is 1. The molecule has 2 rings (SSSR count). The van der Waals surface area contributed by atoms with E-state index in [2.05, 4.69) is 9.80 Å². The summed E-state index contributed by atoms with van der Waals surface area (Å²) in [5, 5.41) is 9.28. The second-order valence-electron chi connectivity index (χ2n) is 5.35. The number of rotatable bonds is 3. The van der Waals surface area contributed by atoms with Crippen molar-refractivity contribution < 1.29 is 9.90 Å². The van der Waals surface area contributed by atoms with Gasteiger partial charge in [0.15, 0.2) is 0 Å². The molecule has 0 aromatic rings. The summed E-state index contributed by atoms with van der Waals surface area (Å²) in [5.41, 5.74) is 0. The number of hydrogen-bond donors (Lipinski definition) is 1. The summed E-state index contributed by atoms with van der Waals surface area (Å²) in [6.07, 6.45) is 2.51. The van der Waals surface area contributed by atoms with Crippen molar-refractivity contribution in [3.8, 4) is 0 Å². The normalized spacial score (nSPS) is 29.3. The molecule has 4 nitrogen and oxygen atoms in total. The fourth-order valence-corrected chi connectivity index (χ4v) is 3.13. The third kappa shape index (κ3) is 2.23. The van der Waals surface area contributed by atoms with Gasteiger partial charge in [-0.05, 0) is 25.3 Å². The Morgan fingerprint density at radius 3 is 2.69 bits per heavy atom. The first kappa shape index (κ1) is 11.9. The average Bonchev–Trinajstić information content (AvgIpc) is 2.63. The third-order valence-electron chi connectivity index (χ3n) is 3.90. The molecule has 1 N–H and O–H groups in total. The van der Waals surface area contributed by atoms with Crippen LogP contribution in [0.3, 0.4) is 0 Å². The van der Waals surface area contributed by atoms with Gasteiger partial charge in [-0.25, -0.2) is 0 Å². The van der Waals surface area contributed by atoms with Crippen LogP contribution in [-0.4, -0.2) is 59.1 Å². The SMILES string of the molecule is CC(C)C(C(=O)O)N1CCN2CCCC2C1. The van der Waals surface area contributed by atoms with Crippen LogP contribution in [0.15, 0.2) is 0 Å². The lowest BCUT2D eigenvalue weighted by atomic mass is 10.0. The second kappa shape index (κ2) is 4.72. The molecule has 2 atom stereocenters.